The van der Waals surface area contributed by atoms with E-state index in [0.717, 1.165) is 29.6 Å². The number of aromatic nitrogens is 1. The van der Waals surface area contributed by atoms with Crippen LogP contribution in [0.4, 0.5) is 0 Å². The smallest absolute Gasteiger partial charge is 0.240 e. The quantitative estimate of drug-likeness (QED) is 0.188. The Labute approximate surface area is 260 Å². The third-order valence-electron chi connectivity index (χ3n) is 10.8. The highest BCUT2D eigenvalue weighted by molar-refractivity contribution is 5.83. The first kappa shape index (κ1) is 30.8. The molecule has 234 valence electrons. The second-order valence-electron chi connectivity index (χ2n) is 13.7. The summed E-state index contributed by atoms with van der Waals surface area (Å²) in [5, 5.41) is 30.4. The van der Waals surface area contributed by atoms with Crippen molar-refractivity contribution >= 4 is 16.8 Å². The first-order valence-corrected chi connectivity index (χ1v) is 16.0. The third-order valence-corrected chi connectivity index (χ3v) is 10.8. The number of nitrogens with one attached hydrogen (secondary N) is 3. The maximum Gasteiger partial charge on any atom is 0.240 e. The molecular weight excluding hydrogens is 552 g/mol. The predicted octanol–water partition coefficient (Wildman–Crippen LogP) is 3.97. The molecule has 2 heterocycles. The Hall–Kier alpha value is -3.19. The van der Waals surface area contributed by atoms with Crippen molar-refractivity contribution in [2.24, 2.45) is 29.1 Å². The van der Waals surface area contributed by atoms with Gasteiger partial charge in [0, 0.05) is 41.2 Å². The van der Waals surface area contributed by atoms with E-state index >= 15 is 0 Å². The molecule has 7 rings (SSSR count). The summed E-state index contributed by atoms with van der Waals surface area (Å²) < 4.78 is 0. The second kappa shape index (κ2) is 12.7. The second-order valence-corrected chi connectivity index (χ2v) is 13.7. The van der Waals surface area contributed by atoms with Crippen LogP contribution in [0.5, 0.6) is 0 Å². The van der Waals surface area contributed by atoms with E-state index in [1.165, 1.54) is 17.4 Å². The summed E-state index contributed by atoms with van der Waals surface area (Å²) in [7, 11) is 0. The zero-order valence-corrected chi connectivity index (χ0v) is 26.2. The Morgan fingerprint density at radius 3 is 2.77 bits per heavy atom. The summed E-state index contributed by atoms with van der Waals surface area (Å²) >= 11 is 0. The van der Waals surface area contributed by atoms with Crippen LogP contribution in [-0.2, 0) is 22.7 Å². The van der Waals surface area contributed by atoms with Gasteiger partial charge in [0.05, 0.1) is 25.8 Å². The maximum absolute atomic E-state index is 13.9. The van der Waals surface area contributed by atoms with Gasteiger partial charge >= 0.3 is 0 Å². The van der Waals surface area contributed by atoms with Gasteiger partial charge < -0.3 is 25.8 Å². The van der Waals surface area contributed by atoms with Gasteiger partial charge in [0.2, 0.25) is 5.91 Å². The molecule has 2 bridgehead atoms. The van der Waals surface area contributed by atoms with E-state index in [-0.39, 0.29) is 18.6 Å². The number of aromatic amines is 1. The van der Waals surface area contributed by atoms with Crippen LogP contribution in [0, 0.1) is 40.9 Å². The molecule has 1 aliphatic heterocycles. The summed E-state index contributed by atoms with van der Waals surface area (Å²) in [4.78, 5) is 23.3. The molecule has 1 amide bonds. The van der Waals surface area contributed by atoms with E-state index in [1.54, 1.807) is 12.0 Å². The number of carbonyl (C=O) groups is 1. The summed E-state index contributed by atoms with van der Waals surface area (Å²) in [6, 6.07) is 15.6. The highest BCUT2D eigenvalue weighted by Crippen LogP contribution is 2.61. The van der Waals surface area contributed by atoms with Crippen molar-refractivity contribution in [2.45, 2.75) is 77.9 Å². The van der Waals surface area contributed by atoms with Crippen molar-refractivity contribution in [1.29, 1.82) is 0 Å². The Morgan fingerprint density at radius 2 is 2.02 bits per heavy atom. The minimum Gasteiger partial charge on any atom is -0.394 e. The summed E-state index contributed by atoms with van der Waals surface area (Å²) in [6.07, 6.45) is 2.77. The molecule has 3 aromatic rings. The fourth-order valence-corrected chi connectivity index (χ4v) is 8.10. The van der Waals surface area contributed by atoms with Crippen molar-refractivity contribution in [3.63, 3.8) is 0 Å². The normalized spacial score (nSPS) is 29.9. The monoisotopic (exact) mass is 598 g/mol. The van der Waals surface area contributed by atoms with E-state index in [1.807, 2.05) is 42.6 Å². The molecule has 8 atom stereocenters. The van der Waals surface area contributed by atoms with Gasteiger partial charge in [-0.3, -0.25) is 9.63 Å². The lowest BCUT2D eigenvalue weighted by atomic mass is 9.45. The Kier molecular flexibility index (Phi) is 8.87. The minimum atomic E-state index is -0.821. The van der Waals surface area contributed by atoms with Gasteiger partial charge in [0.25, 0.3) is 0 Å². The number of hydrogen-bond acceptors (Lipinski definition) is 6. The van der Waals surface area contributed by atoms with Gasteiger partial charge in [-0.25, -0.2) is 0 Å². The van der Waals surface area contributed by atoms with Crippen LogP contribution in [0.2, 0.25) is 0 Å². The molecular formula is C36H46N4O4. The number of amides is 1. The largest absolute Gasteiger partial charge is 0.394 e. The molecule has 3 aliphatic carbocycles. The predicted molar refractivity (Wildman–Crippen MR) is 171 cm³/mol. The number of para-hydroxylation sites is 1. The number of carbonyl (C=O) groups excluding carboxylic acids is 1. The molecule has 44 heavy (non-hydrogen) atoms. The van der Waals surface area contributed by atoms with Crippen LogP contribution in [0.3, 0.4) is 0 Å². The zero-order valence-electron chi connectivity index (χ0n) is 26.2. The minimum absolute atomic E-state index is 0.104. The summed E-state index contributed by atoms with van der Waals surface area (Å²) in [5.41, 5.74) is 4.49. The van der Waals surface area contributed by atoms with Crippen LogP contribution in [-0.4, -0.2) is 63.6 Å². The van der Waals surface area contributed by atoms with Crippen molar-refractivity contribution in [3.8, 4) is 11.8 Å². The molecule has 1 aromatic heterocycles. The van der Waals surface area contributed by atoms with E-state index < -0.39 is 24.2 Å². The van der Waals surface area contributed by atoms with Crippen molar-refractivity contribution in [3.05, 3.63) is 71.4 Å². The van der Waals surface area contributed by atoms with E-state index in [9.17, 15) is 15.0 Å². The molecule has 0 radical (unpaired) electrons. The molecule has 8 heteroatoms. The number of benzene rings is 2. The van der Waals surface area contributed by atoms with Crippen molar-refractivity contribution in [2.75, 3.05) is 13.2 Å². The summed E-state index contributed by atoms with van der Waals surface area (Å²) in [5.74, 6) is 7.39. The van der Waals surface area contributed by atoms with Crippen molar-refractivity contribution in [1.82, 2.24) is 20.7 Å². The number of aliphatic hydroxyl groups is 2. The average molecular weight is 599 g/mol. The Morgan fingerprint density at radius 1 is 1.20 bits per heavy atom. The van der Waals surface area contributed by atoms with E-state index in [2.05, 4.69) is 60.4 Å². The maximum atomic E-state index is 13.9. The van der Waals surface area contributed by atoms with Gasteiger partial charge in [0.1, 0.15) is 12.1 Å². The lowest BCUT2D eigenvalue weighted by molar-refractivity contribution is -0.183. The molecule has 1 saturated heterocycles. The summed E-state index contributed by atoms with van der Waals surface area (Å²) in [6.45, 7) is 9.96. The molecule has 3 saturated carbocycles. The van der Waals surface area contributed by atoms with Gasteiger partial charge in [-0.15, -0.1) is 0 Å². The molecule has 4 aliphatic rings. The van der Waals surface area contributed by atoms with Gasteiger partial charge in [0.15, 0.2) is 0 Å². The molecule has 2 aromatic carbocycles. The van der Waals surface area contributed by atoms with Crippen LogP contribution in [0.15, 0.2) is 54.7 Å². The highest BCUT2D eigenvalue weighted by Gasteiger charge is 2.57. The number of H-pyrrole nitrogens is 1. The van der Waals surface area contributed by atoms with Crippen LogP contribution < -0.4 is 10.6 Å². The molecule has 5 N–H and O–H groups in total. The first-order valence-electron chi connectivity index (χ1n) is 16.0. The fourth-order valence-electron chi connectivity index (χ4n) is 8.10. The standard InChI is InChI=1S/C36H46N4O4/c1-22-29-16-27(36(29,3)4)17-31(22)39-35(43)34-33(23(2)42)32(21-41)44-40(34)20-25-10-7-9-24(15-25)11-8-14-37-18-26-19-38-30-13-6-5-12-28(26)30/h5-7,9-10,12-13,15,19,22-23,27,29,31-34,37-38,41-42H,14,16-18,20-21H2,1-4H3,(H,39,43)/t22-,23-,27?,29?,31-,32-,33+,34-/m0/s1. The SMILES string of the molecule is C[C@H](O)[C@@H]1[C@H](CO)ON(Cc2cccc(C#CCNCc3c[nH]c4ccccc34)c2)[C@@H]1C(=O)N[C@H]1CC2CC([C@@H]1C)C2(C)C. The van der Waals surface area contributed by atoms with Gasteiger partial charge in [-0.05, 0) is 72.3 Å². The molecule has 0 spiro atoms. The van der Waals surface area contributed by atoms with Crippen LogP contribution >= 0.6 is 0 Å². The Bertz CT molecular complexity index is 1540. The highest BCUT2D eigenvalue weighted by atomic mass is 16.7. The lowest BCUT2D eigenvalue weighted by Crippen LogP contribution is -2.62. The average Bonchev–Trinajstić information content (AvgIpc) is 3.59. The number of rotatable bonds is 9. The molecule has 2 unspecified atom stereocenters. The molecule has 8 nitrogen and oxygen atoms in total. The number of fused-ring (bicyclic) bond motifs is 3. The number of hydrogen-bond donors (Lipinski definition) is 5. The zero-order chi connectivity index (χ0) is 31.0. The van der Waals surface area contributed by atoms with Crippen LogP contribution in [0.25, 0.3) is 10.9 Å². The Balaban J connectivity index is 1.10. The van der Waals surface area contributed by atoms with E-state index in [4.69, 9.17) is 4.84 Å². The van der Waals surface area contributed by atoms with E-state index in [0.29, 0.717) is 36.3 Å². The lowest BCUT2D eigenvalue weighted by Gasteiger charge is -2.62. The van der Waals surface area contributed by atoms with Gasteiger partial charge in [-0.2, -0.15) is 5.06 Å². The number of hydroxylamine groups is 2. The fraction of sp³-hybridized carbons (Fsp3) is 0.528. The number of nitrogens with zero attached hydrogens (tertiary/aromatic N) is 1. The van der Waals surface area contributed by atoms with Gasteiger partial charge in [-0.1, -0.05) is 62.9 Å². The topological polar surface area (TPSA) is 110 Å². The van der Waals surface area contributed by atoms with Crippen LogP contribution in [0.1, 0.15) is 57.2 Å². The third kappa shape index (κ3) is 5.92. The molecule has 4 fully saturated rings. The van der Waals surface area contributed by atoms with Crippen molar-refractivity contribution < 1.29 is 19.8 Å². The first-order chi connectivity index (χ1) is 21.2. The number of aliphatic hydroxyl groups excluding tert-OH is 2.